The van der Waals surface area contributed by atoms with Crippen molar-refractivity contribution >= 4 is 24.1 Å². The first-order valence-electron chi connectivity index (χ1n) is 5.07. The van der Waals surface area contributed by atoms with Gasteiger partial charge in [-0.3, -0.25) is 14.4 Å². The maximum atomic E-state index is 11.3. The van der Waals surface area contributed by atoms with Crippen LogP contribution in [0.4, 0.5) is 0 Å². The average molecular weight is 257 g/mol. The van der Waals surface area contributed by atoms with Crippen LogP contribution in [0.5, 0.6) is 0 Å². The molecule has 0 saturated carbocycles. The summed E-state index contributed by atoms with van der Waals surface area (Å²) in [5.41, 5.74) is 0.257. The molecule has 0 aliphatic carbocycles. The molecular formula is C11H15NO6. The van der Waals surface area contributed by atoms with E-state index in [1.807, 2.05) is 0 Å². The average Bonchev–Trinajstić information content (AvgIpc) is 2.28. The fraction of sp³-hybridized carbons (Fsp3) is 0.455. The SMILES string of the molecule is C=C(C)C(=O)NCC(C=O)C(=O)OCOC(C)=O. The normalized spacial score (nSPS) is 11.0. The molecule has 0 radical (unpaired) electrons. The molecule has 0 spiro atoms. The van der Waals surface area contributed by atoms with Crippen LogP contribution in [0.1, 0.15) is 13.8 Å². The van der Waals surface area contributed by atoms with E-state index < -0.39 is 30.6 Å². The van der Waals surface area contributed by atoms with E-state index in [0.29, 0.717) is 6.29 Å². The lowest BCUT2D eigenvalue weighted by Crippen LogP contribution is -2.35. The van der Waals surface area contributed by atoms with Gasteiger partial charge >= 0.3 is 11.9 Å². The number of hydrogen-bond acceptors (Lipinski definition) is 6. The van der Waals surface area contributed by atoms with Crippen molar-refractivity contribution in [2.24, 2.45) is 5.92 Å². The van der Waals surface area contributed by atoms with Crippen molar-refractivity contribution in [1.29, 1.82) is 0 Å². The number of hydrogen-bond donors (Lipinski definition) is 1. The molecule has 7 heteroatoms. The fourth-order valence-electron chi connectivity index (χ4n) is 0.818. The summed E-state index contributed by atoms with van der Waals surface area (Å²) in [5, 5.41) is 2.33. The van der Waals surface area contributed by atoms with Gasteiger partial charge in [-0.15, -0.1) is 0 Å². The van der Waals surface area contributed by atoms with Gasteiger partial charge in [-0.25, -0.2) is 0 Å². The number of aldehydes is 1. The van der Waals surface area contributed by atoms with Crippen molar-refractivity contribution in [2.45, 2.75) is 13.8 Å². The Labute approximate surface area is 104 Å². The summed E-state index contributed by atoms with van der Waals surface area (Å²) in [5.74, 6) is -3.10. The first kappa shape index (κ1) is 15.8. The number of carbonyl (C=O) groups is 4. The second-order valence-corrected chi connectivity index (χ2v) is 3.45. The highest BCUT2D eigenvalue weighted by molar-refractivity contribution is 5.93. The Bertz CT molecular complexity index is 363. The molecule has 1 amide bonds. The number of carbonyl (C=O) groups excluding carboxylic acids is 4. The van der Waals surface area contributed by atoms with Crippen LogP contribution in [0.3, 0.4) is 0 Å². The molecule has 0 heterocycles. The van der Waals surface area contributed by atoms with E-state index >= 15 is 0 Å². The Hall–Kier alpha value is -2.18. The molecule has 18 heavy (non-hydrogen) atoms. The Morgan fingerprint density at radius 3 is 2.33 bits per heavy atom. The van der Waals surface area contributed by atoms with Crippen molar-refractivity contribution in [1.82, 2.24) is 5.32 Å². The number of ether oxygens (including phenoxy) is 2. The fourth-order valence-corrected chi connectivity index (χ4v) is 0.818. The van der Waals surface area contributed by atoms with E-state index in [9.17, 15) is 19.2 Å². The highest BCUT2D eigenvalue weighted by atomic mass is 16.7. The second kappa shape index (κ2) is 7.99. The van der Waals surface area contributed by atoms with E-state index in [-0.39, 0.29) is 12.1 Å². The minimum absolute atomic E-state index is 0.200. The third kappa shape index (κ3) is 6.41. The first-order chi connectivity index (χ1) is 8.38. The smallest absolute Gasteiger partial charge is 0.320 e. The standard InChI is InChI=1S/C11H15NO6/c1-7(2)10(15)12-4-9(5-13)11(16)18-6-17-8(3)14/h5,9H,1,4,6H2,2-3H3,(H,12,15). The monoisotopic (exact) mass is 257 g/mol. The third-order valence-electron chi connectivity index (χ3n) is 1.80. The van der Waals surface area contributed by atoms with Gasteiger partial charge < -0.3 is 19.6 Å². The summed E-state index contributed by atoms with van der Waals surface area (Å²) in [6.45, 7) is 5.28. The quantitative estimate of drug-likeness (QED) is 0.218. The zero-order valence-electron chi connectivity index (χ0n) is 10.2. The van der Waals surface area contributed by atoms with Crippen LogP contribution in [0, 0.1) is 5.92 Å². The summed E-state index contributed by atoms with van der Waals surface area (Å²) >= 11 is 0. The topological polar surface area (TPSA) is 98.8 Å². The van der Waals surface area contributed by atoms with Gasteiger partial charge in [0.15, 0.2) is 0 Å². The van der Waals surface area contributed by atoms with Gasteiger partial charge in [-0.2, -0.15) is 0 Å². The lowest BCUT2D eigenvalue weighted by Gasteiger charge is -2.11. The van der Waals surface area contributed by atoms with E-state index in [1.54, 1.807) is 0 Å². The molecule has 1 atom stereocenters. The third-order valence-corrected chi connectivity index (χ3v) is 1.80. The van der Waals surface area contributed by atoms with Gasteiger partial charge in [0, 0.05) is 19.0 Å². The van der Waals surface area contributed by atoms with E-state index in [4.69, 9.17) is 0 Å². The van der Waals surface area contributed by atoms with E-state index in [1.165, 1.54) is 6.92 Å². The molecule has 0 aromatic carbocycles. The lowest BCUT2D eigenvalue weighted by molar-refractivity contribution is -0.168. The molecule has 0 bridgehead atoms. The van der Waals surface area contributed by atoms with Gasteiger partial charge in [0.05, 0.1) is 0 Å². The highest BCUT2D eigenvalue weighted by Gasteiger charge is 2.20. The zero-order valence-corrected chi connectivity index (χ0v) is 10.2. The largest absolute Gasteiger partial charge is 0.428 e. The van der Waals surface area contributed by atoms with Crippen LogP contribution in [-0.2, 0) is 28.7 Å². The molecule has 0 fully saturated rings. The Kier molecular flexibility index (Phi) is 7.02. The van der Waals surface area contributed by atoms with Crippen LogP contribution < -0.4 is 5.32 Å². The summed E-state index contributed by atoms with van der Waals surface area (Å²) in [7, 11) is 0. The van der Waals surface area contributed by atoms with Crippen LogP contribution >= 0.6 is 0 Å². The molecular weight excluding hydrogens is 242 g/mol. The molecule has 0 rings (SSSR count). The van der Waals surface area contributed by atoms with Crippen molar-refractivity contribution in [3.05, 3.63) is 12.2 Å². The van der Waals surface area contributed by atoms with Crippen molar-refractivity contribution in [2.75, 3.05) is 13.3 Å². The molecule has 0 aromatic rings. The summed E-state index contributed by atoms with van der Waals surface area (Å²) in [4.78, 5) is 43.5. The summed E-state index contributed by atoms with van der Waals surface area (Å²) in [6, 6.07) is 0. The predicted octanol–water partition coefficient (Wildman–Crippen LogP) is -0.442. The maximum absolute atomic E-state index is 11.3. The van der Waals surface area contributed by atoms with Gasteiger partial charge in [0.1, 0.15) is 12.2 Å². The Morgan fingerprint density at radius 2 is 1.89 bits per heavy atom. The molecule has 0 saturated heterocycles. The maximum Gasteiger partial charge on any atom is 0.320 e. The van der Waals surface area contributed by atoms with Crippen molar-refractivity contribution in [3.63, 3.8) is 0 Å². The minimum atomic E-state index is -1.15. The molecule has 0 aromatic heterocycles. The second-order valence-electron chi connectivity index (χ2n) is 3.45. The van der Waals surface area contributed by atoms with Crippen LogP contribution in [0.15, 0.2) is 12.2 Å². The van der Waals surface area contributed by atoms with E-state index in [2.05, 4.69) is 21.4 Å². The molecule has 0 aliphatic heterocycles. The number of esters is 2. The Morgan fingerprint density at radius 1 is 1.28 bits per heavy atom. The molecule has 1 unspecified atom stereocenters. The zero-order chi connectivity index (χ0) is 14.1. The van der Waals surface area contributed by atoms with Crippen molar-refractivity contribution < 1.29 is 28.7 Å². The molecule has 0 aliphatic rings. The summed E-state index contributed by atoms with van der Waals surface area (Å²) < 4.78 is 8.88. The lowest BCUT2D eigenvalue weighted by atomic mass is 10.1. The van der Waals surface area contributed by atoms with Crippen molar-refractivity contribution in [3.8, 4) is 0 Å². The van der Waals surface area contributed by atoms with Gasteiger partial charge in [0.2, 0.25) is 12.7 Å². The van der Waals surface area contributed by atoms with Crippen LogP contribution in [0.25, 0.3) is 0 Å². The molecule has 1 N–H and O–H groups in total. The van der Waals surface area contributed by atoms with Gasteiger partial charge in [-0.1, -0.05) is 6.58 Å². The number of nitrogens with one attached hydrogen (secondary N) is 1. The van der Waals surface area contributed by atoms with Crippen LogP contribution in [0.2, 0.25) is 0 Å². The van der Waals surface area contributed by atoms with Crippen LogP contribution in [-0.4, -0.2) is 37.5 Å². The van der Waals surface area contributed by atoms with E-state index in [0.717, 1.165) is 6.92 Å². The first-order valence-corrected chi connectivity index (χ1v) is 5.07. The number of amides is 1. The van der Waals surface area contributed by atoms with Gasteiger partial charge in [-0.05, 0) is 6.92 Å². The number of rotatable bonds is 7. The Balaban J connectivity index is 4.11. The summed E-state index contributed by atoms with van der Waals surface area (Å²) in [6.07, 6.45) is 0.342. The molecule has 7 nitrogen and oxygen atoms in total. The predicted molar refractivity (Wildman–Crippen MR) is 60.1 cm³/mol. The molecule has 100 valence electrons. The van der Waals surface area contributed by atoms with Gasteiger partial charge in [0.25, 0.3) is 0 Å². The minimum Gasteiger partial charge on any atom is -0.428 e. The highest BCUT2D eigenvalue weighted by Crippen LogP contribution is 1.97.